The van der Waals surface area contributed by atoms with Crippen LogP contribution in [0.1, 0.15) is 16.2 Å². The van der Waals surface area contributed by atoms with Gasteiger partial charge in [0, 0.05) is 21.3 Å². The van der Waals surface area contributed by atoms with Crippen LogP contribution in [0.2, 0.25) is 10.0 Å². The van der Waals surface area contributed by atoms with Crippen LogP contribution in [-0.4, -0.2) is 20.7 Å². The maximum atomic E-state index is 13.4. The van der Waals surface area contributed by atoms with Crippen LogP contribution in [0.5, 0.6) is 0 Å². The summed E-state index contributed by atoms with van der Waals surface area (Å²) in [6.07, 6.45) is 0. The Hall–Kier alpha value is -3.22. The fraction of sp³-hybridized carbons (Fsp3) is 0.0455. The Balaban J connectivity index is 1.76. The average Bonchev–Trinajstić information content (AvgIpc) is 3.17. The maximum absolute atomic E-state index is 13.4. The first-order chi connectivity index (χ1) is 14.4. The van der Waals surface area contributed by atoms with E-state index >= 15 is 0 Å². The molecule has 0 saturated carbocycles. The van der Waals surface area contributed by atoms with Crippen molar-refractivity contribution in [3.8, 4) is 17.1 Å². The second kappa shape index (κ2) is 8.26. The van der Waals surface area contributed by atoms with Crippen molar-refractivity contribution < 1.29 is 9.18 Å². The molecule has 0 radical (unpaired) electrons. The predicted octanol–water partition coefficient (Wildman–Crippen LogP) is 5.94. The Morgan fingerprint density at radius 2 is 1.63 bits per heavy atom. The fourth-order valence-corrected chi connectivity index (χ4v) is 3.16. The van der Waals surface area contributed by atoms with Crippen LogP contribution in [0.4, 0.5) is 10.1 Å². The molecule has 0 spiro atoms. The average molecular weight is 441 g/mol. The molecule has 1 heterocycles. The van der Waals surface area contributed by atoms with Gasteiger partial charge in [0.15, 0.2) is 5.82 Å². The van der Waals surface area contributed by atoms with Gasteiger partial charge in [0.25, 0.3) is 5.91 Å². The number of benzene rings is 3. The minimum Gasteiger partial charge on any atom is -0.319 e. The highest BCUT2D eigenvalue weighted by Crippen LogP contribution is 2.25. The Kier molecular flexibility index (Phi) is 5.53. The molecule has 4 rings (SSSR count). The van der Waals surface area contributed by atoms with Gasteiger partial charge >= 0.3 is 0 Å². The zero-order valence-electron chi connectivity index (χ0n) is 15.7. The van der Waals surface area contributed by atoms with Crippen molar-refractivity contribution in [2.45, 2.75) is 6.92 Å². The van der Waals surface area contributed by atoms with Crippen LogP contribution in [0.15, 0.2) is 66.7 Å². The van der Waals surface area contributed by atoms with Crippen molar-refractivity contribution in [2.75, 3.05) is 5.32 Å². The summed E-state index contributed by atoms with van der Waals surface area (Å²) < 4.78 is 14.9. The fourth-order valence-electron chi connectivity index (χ4n) is 2.86. The third-order valence-corrected chi connectivity index (χ3v) is 4.92. The Labute approximate surface area is 182 Å². The number of aromatic nitrogens is 3. The monoisotopic (exact) mass is 440 g/mol. The lowest BCUT2D eigenvalue weighted by molar-refractivity contribution is 0.101. The van der Waals surface area contributed by atoms with Crippen LogP contribution < -0.4 is 5.32 Å². The van der Waals surface area contributed by atoms with Gasteiger partial charge in [-0.25, -0.2) is 14.1 Å². The van der Waals surface area contributed by atoms with Crippen molar-refractivity contribution in [3.05, 3.63) is 94.0 Å². The van der Waals surface area contributed by atoms with Gasteiger partial charge in [-0.15, -0.1) is 5.10 Å². The van der Waals surface area contributed by atoms with Gasteiger partial charge in [0.2, 0.25) is 5.82 Å². The third-order valence-electron chi connectivity index (χ3n) is 4.43. The van der Waals surface area contributed by atoms with Crippen LogP contribution in [0, 0.1) is 12.7 Å². The van der Waals surface area contributed by atoms with E-state index in [0.29, 0.717) is 32.8 Å². The Morgan fingerprint density at radius 1 is 0.967 bits per heavy atom. The summed E-state index contributed by atoms with van der Waals surface area (Å²) >= 11 is 12.0. The zero-order chi connectivity index (χ0) is 21.3. The maximum Gasteiger partial charge on any atom is 0.295 e. The smallest absolute Gasteiger partial charge is 0.295 e. The number of carbonyl (C=O) groups excluding carboxylic acids is 1. The molecule has 1 amide bonds. The number of aryl methyl sites for hydroxylation is 1. The first-order valence-electron chi connectivity index (χ1n) is 8.97. The molecule has 0 unspecified atom stereocenters. The molecular formula is C22H15Cl2FN4O. The second-order valence-corrected chi connectivity index (χ2v) is 7.44. The van der Waals surface area contributed by atoms with Crippen molar-refractivity contribution in [1.82, 2.24) is 14.8 Å². The van der Waals surface area contributed by atoms with E-state index in [1.807, 2.05) is 13.0 Å². The summed E-state index contributed by atoms with van der Waals surface area (Å²) in [5, 5.41) is 8.22. The summed E-state index contributed by atoms with van der Waals surface area (Å²) in [5.74, 6) is -0.479. The lowest BCUT2D eigenvalue weighted by Crippen LogP contribution is -2.15. The summed E-state index contributed by atoms with van der Waals surface area (Å²) in [6, 6.07) is 17.9. The van der Waals surface area contributed by atoms with Gasteiger partial charge in [-0.1, -0.05) is 29.3 Å². The summed E-state index contributed by atoms with van der Waals surface area (Å²) in [5.41, 5.74) is 2.68. The summed E-state index contributed by atoms with van der Waals surface area (Å²) in [4.78, 5) is 17.3. The van der Waals surface area contributed by atoms with Crippen LogP contribution >= 0.6 is 23.2 Å². The summed E-state index contributed by atoms with van der Waals surface area (Å²) in [7, 11) is 0. The highest BCUT2D eigenvalue weighted by atomic mass is 35.5. The largest absolute Gasteiger partial charge is 0.319 e. The molecule has 8 heteroatoms. The standard InChI is InChI=1S/C22H15Cl2FN4O/c1-13-2-5-16(24)12-19(13)26-22(30)20-27-21(14-3-6-15(23)7-4-14)29(28-20)18-10-8-17(25)9-11-18/h2-12H,1H3,(H,26,30). The lowest BCUT2D eigenvalue weighted by Gasteiger charge is -2.07. The van der Waals surface area contributed by atoms with E-state index in [9.17, 15) is 9.18 Å². The molecule has 0 fully saturated rings. The van der Waals surface area contributed by atoms with Gasteiger partial charge in [-0.2, -0.15) is 0 Å². The summed E-state index contributed by atoms with van der Waals surface area (Å²) in [6.45, 7) is 1.86. The zero-order valence-corrected chi connectivity index (χ0v) is 17.2. The van der Waals surface area contributed by atoms with Gasteiger partial charge in [0.05, 0.1) is 5.69 Å². The van der Waals surface area contributed by atoms with Gasteiger partial charge in [-0.05, 0) is 73.2 Å². The number of anilines is 1. The number of carbonyl (C=O) groups is 1. The molecule has 1 N–H and O–H groups in total. The van der Waals surface area contributed by atoms with E-state index < -0.39 is 5.91 Å². The van der Waals surface area contributed by atoms with Crippen molar-refractivity contribution in [1.29, 1.82) is 0 Å². The van der Waals surface area contributed by atoms with Crippen LogP contribution in [0.3, 0.4) is 0 Å². The molecule has 0 aliphatic rings. The minimum atomic E-state index is -0.489. The quantitative estimate of drug-likeness (QED) is 0.426. The number of hydrogen-bond donors (Lipinski definition) is 1. The van der Waals surface area contributed by atoms with E-state index in [2.05, 4.69) is 15.4 Å². The van der Waals surface area contributed by atoms with Crippen molar-refractivity contribution in [3.63, 3.8) is 0 Å². The molecular weight excluding hydrogens is 426 g/mol. The first kappa shape index (κ1) is 20.1. The highest BCUT2D eigenvalue weighted by molar-refractivity contribution is 6.31. The molecule has 0 aliphatic carbocycles. The number of hydrogen-bond acceptors (Lipinski definition) is 3. The molecule has 150 valence electrons. The number of amides is 1. The van der Waals surface area contributed by atoms with Crippen LogP contribution in [0.25, 0.3) is 17.1 Å². The number of halogens is 3. The molecule has 5 nitrogen and oxygen atoms in total. The van der Waals surface area contributed by atoms with Crippen LogP contribution in [-0.2, 0) is 0 Å². The Morgan fingerprint density at radius 3 is 2.33 bits per heavy atom. The Bertz CT molecular complexity index is 1160. The van der Waals surface area contributed by atoms with E-state index in [1.165, 1.54) is 16.8 Å². The second-order valence-electron chi connectivity index (χ2n) is 6.57. The number of rotatable bonds is 4. The topological polar surface area (TPSA) is 59.8 Å². The number of nitrogens with zero attached hydrogens (tertiary/aromatic N) is 3. The molecule has 0 aliphatic heterocycles. The molecule has 0 saturated heterocycles. The normalized spacial score (nSPS) is 10.8. The molecule has 3 aromatic carbocycles. The van der Waals surface area contributed by atoms with Crippen molar-refractivity contribution in [2.24, 2.45) is 0 Å². The molecule has 0 atom stereocenters. The lowest BCUT2D eigenvalue weighted by atomic mass is 10.2. The molecule has 1 aromatic heterocycles. The third kappa shape index (κ3) is 4.20. The van der Waals surface area contributed by atoms with E-state index in [-0.39, 0.29) is 11.6 Å². The van der Waals surface area contributed by atoms with E-state index in [0.717, 1.165) is 5.56 Å². The van der Waals surface area contributed by atoms with E-state index in [1.54, 1.807) is 48.5 Å². The van der Waals surface area contributed by atoms with E-state index in [4.69, 9.17) is 23.2 Å². The molecule has 4 aromatic rings. The molecule has 0 bridgehead atoms. The van der Waals surface area contributed by atoms with Crippen molar-refractivity contribution >= 4 is 34.8 Å². The van der Waals surface area contributed by atoms with Gasteiger partial charge in [0.1, 0.15) is 5.82 Å². The SMILES string of the molecule is Cc1ccc(Cl)cc1NC(=O)c1nc(-c2ccc(Cl)cc2)n(-c2ccc(F)cc2)n1. The predicted molar refractivity (Wildman–Crippen MR) is 116 cm³/mol. The minimum absolute atomic E-state index is 0.0383. The molecule has 30 heavy (non-hydrogen) atoms. The van der Waals surface area contributed by atoms with Gasteiger partial charge < -0.3 is 5.32 Å². The van der Waals surface area contributed by atoms with Gasteiger partial charge in [-0.3, -0.25) is 4.79 Å². The highest BCUT2D eigenvalue weighted by Gasteiger charge is 2.19. The number of nitrogens with one attached hydrogen (secondary N) is 1. The first-order valence-corrected chi connectivity index (χ1v) is 9.73.